The zero-order valence-electron chi connectivity index (χ0n) is 16.2. The maximum Gasteiger partial charge on any atom is 0.291 e. The number of ether oxygens (including phenoxy) is 1. The topological polar surface area (TPSA) is 88.1 Å². The van der Waals surface area contributed by atoms with Crippen LogP contribution in [0.25, 0.3) is 11.0 Å². The van der Waals surface area contributed by atoms with E-state index < -0.39 is 0 Å². The fourth-order valence-corrected chi connectivity index (χ4v) is 3.46. The van der Waals surface area contributed by atoms with Crippen LogP contribution in [0.3, 0.4) is 0 Å². The van der Waals surface area contributed by atoms with Gasteiger partial charge in [-0.2, -0.15) is 5.26 Å². The third-order valence-corrected chi connectivity index (χ3v) is 5.15. The Hall–Kier alpha value is -3.63. The Labute approximate surface area is 181 Å². The second-order valence-corrected chi connectivity index (χ2v) is 7.61. The molecule has 6 nitrogen and oxygen atoms in total. The highest BCUT2D eigenvalue weighted by Crippen LogP contribution is 2.30. The van der Waals surface area contributed by atoms with E-state index in [-0.39, 0.29) is 17.5 Å². The molecular formula is C23H16BrN3O3. The molecule has 0 spiro atoms. The second kappa shape index (κ2) is 8.01. The summed E-state index contributed by atoms with van der Waals surface area (Å²) in [6.07, 6.45) is 1.56. The molecule has 2 heterocycles. The van der Waals surface area contributed by atoms with Gasteiger partial charge in [0.15, 0.2) is 5.76 Å². The number of furan rings is 1. The lowest BCUT2D eigenvalue weighted by molar-refractivity contribution is 0.0998. The highest BCUT2D eigenvalue weighted by molar-refractivity contribution is 9.10. The van der Waals surface area contributed by atoms with Gasteiger partial charge in [0.25, 0.3) is 5.91 Å². The van der Waals surface area contributed by atoms with E-state index in [0.29, 0.717) is 22.6 Å². The molecule has 4 rings (SSSR count). The molecule has 0 saturated carbocycles. The van der Waals surface area contributed by atoms with Gasteiger partial charge in [-0.25, -0.2) is 4.98 Å². The van der Waals surface area contributed by atoms with E-state index in [2.05, 4.69) is 26.2 Å². The summed E-state index contributed by atoms with van der Waals surface area (Å²) in [6.45, 7) is 3.71. The summed E-state index contributed by atoms with van der Waals surface area (Å²) < 4.78 is 12.4. The Morgan fingerprint density at radius 3 is 2.80 bits per heavy atom. The number of rotatable bonds is 4. The van der Waals surface area contributed by atoms with E-state index in [9.17, 15) is 4.79 Å². The van der Waals surface area contributed by atoms with Crippen molar-refractivity contribution < 1.29 is 13.9 Å². The molecular weight excluding hydrogens is 446 g/mol. The van der Waals surface area contributed by atoms with Crippen molar-refractivity contribution in [3.05, 3.63) is 81.7 Å². The number of pyridine rings is 1. The van der Waals surface area contributed by atoms with E-state index in [1.807, 2.05) is 38.1 Å². The minimum Gasteiger partial charge on any atom is -0.451 e. The third-order valence-electron chi connectivity index (χ3n) is 4.66. The second-order valence-electron chi connectivity index (χ2n) is 6.70. The quantitative estimate of drug-likeness (QED) is 0.395. The van der Waals surface area contributed by atoms with Crippen molar-refractivity contribution in [2.45, 2.75) is 13.8 Å². The van der Waals surface area contributed by atoms with Gasteiger partial charge >= 0.3 is 0 Å². The average molecular weight is 462 g/mol. The molecule has 0 fully saturated rings. The van der Waals surface area contributed by atoms with Crippen LogP contribution in [-0.4, -0.2) is 10.9 Å². The van der Waals surface area contributed by atoms with E-state index in [0.717, 1.165) is 21.0 Å². The minimum atomic E-state index is -0.326. The van der Waals surface area contributed by atoms with E-state index in [1.165, 1.54) is 0 Å². The Bertz CT molecular complexity index is 1320. The van der Waals surface area contributed by atoms with Gasteiger partial charge in [-0.05, 0) is 67.9 Å². The lowest BCUT2D eigenvalue weighted by Gasteiger charge is -2.11. The van der Waals surface area contributed by atoms with Gasteiger partial charge in [0.1, 0.15) is 23.0 Å². The maximum absolute atomic E-state index is 12.8. The summed E-state index contributed by atoms with van der Waals surface area (Å²) in [5, 5.41) is 12.9. The molecule has 0 aliphatic carbocycles. The number of carbonyl (C=O) groups is 1. The van der Waals surface area contributed by atoms with Gasteiger partial charge in [-0.15, -0.1) is 0 Å². The van der Waals surface area contributed by atoms with Crippen molar-refractivity contribution in [2.24, 2.45) is 0 Å². The molecule has 0 unspecified atom stereocenters. The molecule has 4 aromatic rings. The summed E-state index contributed by atoms with van der Waals surface area (Å²) in [5.74, 6) is 0.703. The van der Waals surface area contributed by atoms with Crippen LogP contribution in [-0.2, 0) is 0 Å². The van der Waals surface area contributed by atoms with Crippen LogP contribution >= 0.6 is 15.9 Å². The van der Waals surface area contributed by atoms with Gasteiger partial charge in [-0.1, -0.05) is 15.9 Å². The van der Waals surface area contributed by atoms with Gasteiger partial charge in [-0.3, -0.25) is 4.79 Å². The molecule has 30 heavy (non-hydrogen) atoms. The summed E-state index contributed by atoms with van der Waals surface area (Å²) >= 11 is 3.44. The Morgan fingerprint density at radius 2 is 2.03 bits per heavy atom. The molecule has 2 aromatic heterocycles. The van der Waals surface area contributed by atoms with Crippen molar-refractivity contribution in [1.29, 1.82) is 5.26 Å². The molecule has 1 amide bonds. The van der Waals surface area contributed by atoms with Crippen LogP contribution in [0.1, 0.15) is 27.2 Å². The zero-order valence-corrected chi connectivity index (χ0v) is 17.8. The molecule has 2 aromatic carbocycles. The SMILES string of the molecule is Cc1cc(Oc2ncccc2C#N)ccc1NC(=O)c1oc2ccc(Br)cc2c1C. The number of hydrogen-bond donors (Lipinski definition) is 1. The fraction of sp³-hybridized carbons (Fsp3) is 0.0870. The Morgan fingerprint density at radius 1 is 1.20 bits per heavy atom. The van der Waals surface area contributed by atoms with Crippen LogP contribution in [0.15, 0.2) is 63.6 Å². The number of nitrogens with one attached hydrogen (secondary N) is 1. The number of nitriles is 1. The first-order valence-electron chi connectivity index (χ1n) is 9.10. The summed E-state index contributed by atoms with van der Waals surface area (Å²) in [4.78, 5) is 16.9. The van der Waals surface area contributed by atoms with Crippen molar-refractivity contribution in [3.63, 3.8) is 0 Å². The highest BCUT2D eigenvalue weighted by Gasteiger charge is 2.19. The molecule has 0 atom stereocenters. The molecule has 0 aliphatic heterocycles. The van der Waals surface area contributed by atoms with Gasteiger partial charge in [0, 0.05) is 27.3 Å². The van der Waals surface area contributed by atoms with Gasteiger partial charge in [0.2, 0.25) is 5.88 Å². The lowest BCUT2D eigenvalue weighted by atomic mass is 10.1. The minimum absolute atomic E-state index is 0.236. The fourth-order valence-electron chi connectivity index (χ4n) is 3.10. The normalized spacial score (nSPS) is 10.6. The standard InChI is InChI=1S/C23H16BrN3O3/c1-13-10-17(29-23-15(12-25)4-3-9-26-23)6-7-19(13)27-22(28)21-14(2)18-11-16(24)5-8-20(18)30-21/h3-11H,1-2H3,(H,27,28). The average Bonchev–Trinajstić information content (AvgIpc) is 3.06. The van der Waals surface area contributed by atoms with Crippen LogP contribution in [0.4, 0.5) is 5.69 Å². The zero-order chi connectivity index (χ0) is 21.3. The Balaban J connectivity index is 1.56. The number of amides is 1. The number of halogens is 1. The maximum atomic E-state index is 12.8. The monoisotopic (exact) mass is 461 g/mol. The lowest BCUT2D eigenvalue weighted by Crippen LogP contribution is -2.13. The molecule has 7 heteroatoms. The van der Waals surface area contributed by atoms with E-state index in [4.69, 9.17) is 14.4 Å². The first kappa shape index (κ1) is 19.7. The molecule has 0 bridgehead atoms. The summed E-state index contributed by atoms with van der Waals surface area (Å²) in [6, 6.07) is 16.2. The number of benzene rings is 2. The van der Waals surface area contributed by atoms with Gasteiger partial charge < -0.3 is 14.5 Å². The molecule has 0 saturated heterocycles. The van der Waals surface area contributed by atoms with E-state index >= 15 is 0 Å². The summed E-state index contributed by atoms with van der Waals surface area (Å²) in [7, 11) is 0. The van der Waals surface area contributed by atoms with Crippen LogP contribution in [0.5, 0.6) is 11.6 Å². The first-order valence-corrected chi connectivity index (χ1v) is 9.89. The van der Waals surface area contributed by atoms with Crippen molar-refractivity contribution >= 4 is 38.5 Å². The third kappa shape index (κ3) is 3.78. The molecule has 0 radical (unpaired) electrons. The largest absolute Gasteiger partial charge is 0.451 e. The molecule has 148 valence electrons. The molecule has 0 aliphatic rings. The van der Waals surface area contributed by atoms with Crippen molar-refractivity contribution in [1.82, 2.24) is 4.98 Å². The van der Waals surface area contributed by atoms with Crippen LogP contribution < -0.4 is 10.1 Å². The number of anilines is 1. The van der Waals surface area contributed by atoms with Crippen LogP contribution in [0, 0.1) is 25.2 Å². The smallest absolute Gasteiger partial charge is 0.291 e. The number of nitrogens with zero attached hydrogens (tertiary/aromatic N) is 2. The van der Waals surface area contributed by atoms with Gasteiger partial charge in [0.05, 0.1) is 0 Å². The summed E-state index contributed by atoms with van der Waals surface area (Å²) in [5.41, 5.74) is 3.21. The molecule has 1 N–H and O–H groups in total. The van der Waals surface area contributed by atoms with E-state index in [1.54, 1.807) is 36.5 Å². The Kier molecular flexibility index (Phi) is 5.25. The predicted octanol–water partition coefficient (Wildman–Crippen LogP) is 6.12. The number of carbonyl (C=O) groups excluding carboxylic acids is 1. The predicted molar refractivity (Wildman–Crippen MR) is 117 cm³/mol. The van der Waals surface area contributed by atoms with Crippen LogP contribution in [0.2, 0.25) is 0 Å². The first-order chi connectivity index (χ1) is 14.5. The van der Waals surface area contributed by atoms with Crippen molar-refractivity contribution in [2.75, 3.05) is 5.32 Å². The highest BCUT2D eigenvalue weighted by atomic mass is 79.9. The number of hydrogen-bond acceptors (Lipinski definition) is 5. The number of aryl methyl sites for hydroxylation is 2. The van der Waals surface area contributed by atoms with Crippen molar-refractivity contribution in [3.8, 4) is 17.7 Å². The number of fused-ring (bicyclic) bond motifs is 1. The number of aromatic nitrogens is 1.